The fourth-order valence-corrected chi connectivity index (χ4v) is 3.62. The first-order valence-corrected chi connectivity index (χ1v) is 10.0. The number of halogens is 2. The van der Waals surface area contributed by atoms with Crippen molar-refractivity contribution in [3.05, 3.63) is 68.6 Å². The molecular weight excluding hydrogens is 435 g/mol. The minimum absolute atomic E-state index is 0.209. The molecule has 0 aliphatic heterocycles. The zero-order valence-electron chi connectivity index (χ0n) is 15.2. The number of ether oxygens (including phenoxy) is 1. The summed E-state index contributed by atoms with van der Waals surface area (Å²) in [5.41, 5.74) is 0.799. The highest BCUT2D eigenvalue weighted by molar-refractivity contribution is 7.15. The summed E-state index contributed by atoms with van der Waals surface area (Å²) in [6, 6.07) is 11.5. The molecule has 3 rings (SSSR count). The van der Waals surface area contributed by atoms with Gasteiger partial charge in [0, 0.05) is 23.6 Å². The van der Waals surface area contributed by atoms with E-state index in [1.54, 1.807) is 37.4 Å². The Morgan fingerprint density at radius 3 is 2.69 bits per heavy atom. The number of carbonyl (C=O) groups is 2. The fraction of sp³-hybridized carbons (Fsp3) is 0.158. The van der Waals surface area contributed by atoms with Gasteiger partial charge in [0.1, 0.15) is 10.8 Å². The Morgan fingerprint density at radius 2 is 1.93 bits per heavy atom. The van der Waals surface area contributed by atoms with Crippen molar-refractivity contribution in [1.82, 2.24) is 15.5 Å². The SMILES string of the molecule is COc1cccc(C(=O)NCCc2nnc(NC(=O)c3ccc(Cl)cc3Cl)s2)c1. The average molecular weight is 451 g/mol. The molecule has 7 nitrogen and oxygen atoms in total. The second-order valence-electron chi connectivity index (χ2n) is 5.82. The maximum Gasteiger partial charge on any atom is 0.259 e. The van der Waals surface area contributed by atoms with Gasteiger partial charge in [-0.05, 0) is 36.4 Å². The monoisotopic (exact) mass is 450 g/mol. The maximum absolute atomic E-state index is 12.3. The standard InChI is InChI=1S/C19H16Cl2N4O3S/c1-28-13-4-2-3-11(9-13)17(26)22-8-7-16-24-25-19(29-16)23-18(27)14-6-5-12(20)10-15(14)21/h2-6,9-10H,7-8H2,1H3,(H,22,26)(H,23,25,27). The first kappa shape index (κ1) is 21.0. The van der Waals surface area contributed by atoms with Crippen LogP contribution in [0.5, 0.6) is 5.75 Å². The van der Waals surface area contributed by atoms with E-state index in [0.717, 1.165) is 0 Å². The Bertz CT molecular complexity index is 1040. The summed E-state index contributed by atoms with van der Waals surface area (Å²) in [5, 5.41) is 15.2. The topological polar surface area (TPSA) is 93.2 Å². The summed E-state index contributed by atoms with van der Waals surface area (Å²) >= 11 is 13.1. The van der Waals surface area contributed by atoms with Crippen molar-refractivity contribution in [1.29, 1.82) is 0 Å². The zero-order valence-corrected chi connectivity index (χ0v) is 17.6. The zero-order chi connectivity index (χ0) is 20.8. The summed E-state index contributed by atoms with van der Waals surface area (Å²) in [6.45, 7) is 0.377. The molecule has 150 valence electrons. The molecule has 0 aliphatic carbocycles. The molecule has 2 aromatic carbocycles. The molecule has 1 heterocycles. The van der Waals surface area contributed by atoms with Gasteiger partial charge in [-0.15, -0.1) is 10.2 Å². The third kappa shape index (κ3) is 5.66. The average Bonchev–Trinajstić information content (AvgIpc) is 3.14. The Labute approximate surface area is 181 Å². The van der Waals surface area contributed by atoms with Crippen LogP contribution in [0.1, 0.15) is 25.7 Å². The lowest BCUT2D eigenvalue weighted by Gasteiger charge is -2.05. The Balaban J connectivity index is 1.52. The van der Waals surface area contributed by atoms with E-state index in [4.69, 9.17) is 27.9 Å². The predicted molar refractivity (Wildman–Crippen MR) is 113 cm³/mol. The van der Waals surface area contributed by atoms with E-state index < -0.39 is 5.91 Å². The number of benzene rings is 2. The first-order chi connectivity index (χ1) is 14.0. The predicted octanol–water partition coefficient (Wildman–Crippen LogP) is 4.08. The van der Waals surface area contributed by atoms with Crippen LogP contribution < -0.4 is 15.4 Å². The highest BCUT2D eigenvalue weighted by Crippen LogP contribution is 2.23. The van der Waals surface area contributed by atoms with Crippen molar-refractivity contribution in [3.8, 4) is 5.75 Å². The van der Waals surface area contributed by atoms with Crippen LogP contribution in [-0.2, 0) is 6.42 Å². The molecule has 10 heteroatoms. The van der Waals surface area contributed by atoms with Crippen molar-refractivity contribution >= 4 is 51.5 Å². The van der Waals surface area contributed by atoms with E-state index in [0.29, 0.717) is 45.0 Å². The summed E-state index contributed by atoms with van der Waals surface area (Å²) in [5.74, 6) is 0.00274. The van der Waals surface area contributed by atoms with Gasteiger partial charge >= 0.3 is 0 Å². The molecule has 0 bridgehead atoms. The lowest BCUT2D eigenvalue weighted by atomic mass is 10.2. The van der Waals surface area contributed by atoms with Crippen LogP contribution >= 0.6 is 34.5 Å². The van der Waals surface area contributed by atoms with E-state index in [1.165, 1.54) is 23.5 Å². The molecule has 0 unspecified atom stereocenters. The Kier molecular flexibility index (Phi) is 7.03. The molecule has 2 N–H and O–H groups in total. The summed E-state index contributed by atoms with van der Waals surface area (Å²) < 4.78 is 5.11. The second-order valence-corrected chi connectivity index (χ2v) is 7.72. The van der Waals surface area contributed by atoms with Crippen molar-refractivity contribution < 1.29 is 14.3 Å². The maximum atomic E-state index is 12.3. The fourth-order valence-electron chi connectivity index (χ4n) is 2.39. The van der Waals surface area contributed by atoms with E-state index >= 15 is 0 Å². The molecule has 29 heavy (non-hydrogen) atoms. The van der Waals surface area contributed by atoms with Crippen LogP contribution in [0, 0.1) is 0 Å². The number of hydrogen-bond donors (Lipinski definition) is 2. The van der Waals surface area contributed by atoms with Gasteiger partial charge in [-0.1, -0.05) is 40.6 Å². The summed E-state index contributed by atoms with van der Waals surface area (Å²) in [4.78, 5) is 24.5. The molecule has 2 amide bonds. The van der Waals surface area contributed by atoms with Crippen LogP contribution in [-0.4, -0.2) is 35.7 Å². The van der Waals surface area contributed by atoms with Gasteiger partial charge in [0.2, 0.25) is 5.13 Å². The van der Waals surface area contributed by atoms with Gasteiger partial charge < -0.3 is 10.1 Å². The molecular formula is C19H16Cl2N4O3S. The van der Waals surface area contributed by atoms with Crippen molar-refractivity contribution in [3.63, 3.8) is 0 Å². The van der Waals surface area contributed by atoms with Crippen LogP contribution in [0.3, 0.4) is 0 Å². The number of carbonyl (C=O) groups excluding carboxylic acids is 2. The minimum Gasteiger partial charge on any atom is -0.497 e. The van der Waals surface area contributed by atoms with E-state index in [9.17, 15) is 9.59 Å². The van der Waals surface area contributed by atoms with Gasteiger partial charge in [-0.3, -0.25) is 14.9 Å². The number of rotatable bonds is 7. The van der Waals surface area contributed by atoms with Crippen LogP contribution in [0.4, 0.5) is 5.13 Å². The highest BCUT2D eigenvalue weighted by atomic mass is 35.5. The number of nitrogens with one attached hydrogen (secondary N) is 2. The van der Waals surface area contributed by atoms with Crippen LogP contribution in [0.15, 0.2) is 42.5 Å². The molecule has 0 saturated heterocycles. The molecule has 0 saturated carbocycles. The third-order valence-electron chi connectivity index (χ3n) is 3.82. The number of anilines is 1. The highest BCUT2D eigenvalue weighted by Gasteiger charge is 2.14. The van der Waals surface area contributed by atoms with Crippen molar-refractivity contribution in [2.24, 2.45) is 0 Å². The smallest absolute Gasteiger partial charge is 0.259 e. The number of aromatic nitrogens is 2. The largest absolute Gasteiger partial charge is 0.497 e. The normalized spacial score (nSPS) is 10.4. The van der Waals surface area contributed by atoms with Gasteiger partial charge in [0.15, 0.2) is 0 Å². The number of methoxy groups -OCH3 is 1. The molecule has 1 aromatic heterocycles. The van der Waals surface area contributed by atoms with Gasteiger partial charge in [-0.25, -0.2) is 0 Å². The molecule has 0 fully saturated rings. The van der Waals surface area contributed by atoms with Crippen molar-refractivity contribution in [2.45, 2.75) is 6.42 Å². The number of amides is 2. The molecule has 0 radical (unpaired) electrons. The lowest BCUT2D eigenvalue weighted by molar-refractivity contribution is 0.0953. The molecule has 0 atom stereocenters. The third-order valence-corrected chi connectivity index (χ3v) is 5.27. The molecule has 3 aromatic rings. The van der Waals surface area contributed by atoms with Gasteiger partial charge in [-0.2, -0.15) is 0 Å². The first-order valence-electron chi connectivity index (χ1n) is 8.47. The number of nitrogens with zero attached hydrogens (tertiary/aromatic N) is 2. The molecule has 0 spiro atoms. The lowest BCUT2D eigenvalue weighted by Crippen LogP contribution is -2.25. The van der Waals surface area contributed by atoms with Crippen LogP contribution in [0.25, 0.3) is 0 Å². The Morgan fingerprint density at radius 1 is 1.10 bits per heavy atom. The number of hydrogen-bond acceptors (Lipinski definition) is 6. The Hall–Kier alpha value is -2.68. The van der Waals surface area contributed by atoms with Crippen LogP contribution in [0.2, 0.25) is 10.0 Å². The molecule has 0 aliphatic rings. The van der Waals surface area contributed by atoms with E-state index in [2.05, 4.69) is 20.8 Å². The summed E-state index contributed by atoms with van der Waals surface area (Å²) in [7, 11) is 1.55. The van der Waals surface area contributed by atoms with Crippen molar-refractivity contribution in [2.75, 3.05) is 19.0 Å². The second kappa shape index (κ2) is 9.69. The van der Waals surface area contributed by atoms with E-state index in [1.807, 2.05) is 0 Å². The minimum atomic E-state index is -0.402. The quantitative estimate of drug-likeness (QED) is 0.565. The van der Waals surface area contributed by atoms with E-state index in [-0.39, 0.29) is 10.9 Å². The summed E-state index contributed by atoms with van der Waals surface area (Å²) in [6.07, 6.45) is 0.477. The van der Waals surface area contributed by atoms with Gasteiger partial charge in [0.25, 0.3) is 11.8 Å². The van der Waals surface area contributed by atoms with Gasteiger partial charge in [0.05, 0.1) is 17.7 Å².